The first-order valence-electron chi connectivity index (χ1n) is 9.48. The van der Waals surface area contributed by atoms with Crippen molar-refractivity contribution >= 4 is 5.96 Å². The van der Waals surface area contributed by atoms with Crippen LogP contribution in [0.3, 0.4) is 0 Å². The van der Waals surface area contributed by atoms with Crippen molar-refractivity contribution in [2.24, 2.45) is 22.7 Å². The van der Waals surface area contributed by atoms with Crippen molar-refractivity contribution in [1.82, 2.24) is 15.1 Å². The lowest BCUT2D eigenvalue weighted by molar-refractivity contribution is 0.214. The zero-order chi connectivity index (χ0) is 15.4. The molecule has 2 aliphatic heterocycles. The van der Waals surface area contributed by atoms with E-state index in [-0.39, 0.29) is 0 Å². The zero-order valence-electron chi connectivity index (χ0n) is 14.6. The average Bonchev–Trinajstić information content (AvgIpc) is 2.95. The van der Waals surface area contributed by atoms with E-state index in [0.717, 1.165) is 30.8 Å². The van der Waals surface area contributed by atoms with E-state index in [9.17, 15) is 0 Å². The Morgan fingerprint density at radius 3 is 2.41 bits per heavy atom. The van der Waals surface area contributed by atoms with Crippen molar-refractivity contribution in [2.45, 2.75) is 45.4 Å². The minimum Gasteiger partial charge on any atom is -0.357 e. The first-order chi connectivity index (χ1) is 10.8. The Bertz CT molecular complexity index is 367. The predicted octanol–water partition coefficient (Wildman–Crippen LogP) is 2.42. The standard InChI is InChI=1S/C18H34N4/c1-3-19-18(20-11-15-7-6-10-21(2)12-15)22-13-16-8-4-5-9-17(16)14-22/h15-17H,3-14H2,1-2H3,(H,19,20). The van der Waals surface area contributed by atoms with E-state index in [4.69, 9.17) is 4.99 Å². The molecule has 0 aromatic rings. The maximum Gasteiger partial charge on any atom is 0.193 e. The fourth-order valence-electron chi connectivity index (χ4n) is 4.64. The van der Waals surface area contributed by atoms with E-state index in [0.29, 0.717) is 0 Å². The summed E-state index contributed by atoms with van der Waals surface area (Å²) in [4.78, 5) is 10.0. The molecule has 1 N–H and O–H groups in total. The van der Waals surface area contributed by atoms with Crippen LogP contribution in [-0.2, 0) is 0 Å². The average molecular weight is 306 g/mol. The van der Waals surface area contributed by atoms with Gasteiger partial charge in [0.05, 0.1) is 0 Å². The number of fused-ring (bicyclic) bond motifs is 1. The highest BCUT2D eigenvalue weighted by Crippen LogP contribution is 2.36. The molecule has 0 amide bonds. The number of rotatable bonds is 3. The Labute approximate surface area is 136 Å². The van der Waals surface area contributed by atoms with Crippen molar-refractivity contribution in [3.05, 3.63) is 0 Å². The van der Waals surface area contributed by atoms with E-state index in [2.05, 4.69) is 29.1 Å². The number of piperidine rings is 1. The van der Waals surface area contributed by atoms with Gasteiger partial charge in [-0.2, -0.15) is 0 Å². The van der Waals surface area contributed by atoms with Crippen LogP contribution in [-0.4, -0.2) is 62.1 Å². The minimum absolute atomic E-state index is 0.747. The fraction of sp³-hybridized carbons (Fsp3) is 0.944. The van der Waals surface area contributed by atoms with Crippen LogP contribution in [0.25, 0.3) is 0 Å². The van der Waals surface area contributed by atoms with Gasteiger partial charge in [0.2, 0.25) is 0 Å². The molecule has 2 heterocycles. The summed E-state index contributed by atoms with van der Waals surface area (Å²) < 4.78 is 0. The maximum absolute atomic E-state index is 5.02. The molecule has 3 aliphatic rings. The molecular weight excluding hydrogens is 272 g/mol. The smallest absolute Gasteiger partial charge is 0.193 e. The lowest BCUT2D eigenvalue weighted by Crippen LogP contribution is -2.41. The highest BCUT2D eigenvalue weighted by molar-refractivity contribution is 5.80. The second-order valence-corrected chi connectivity index (χ2v) is 7.67. The van der Waals surface area contributed by atoms with Crippen molar-refractivity contribution in [3.8, 4) is 0 Å². The lowest BCUT2D eigenvalue weighted by Gasteiger charge is -2.29. The van der Waals surface area contributed by atoms with Gasteiger partial charge in [0.1, 0.15) is 0 Å². The molecular formula is C18H34N4. The number of nitrogens with one attached hydrogen (secondary N) is 1. The fourth-order valence-corrected chi connectivity index (χ4v) is 4.64. The lowest BCUT2D eigenvalue weighted by atomic mass is 9.82. The zero-order valence-corrected chi connectivity index (χ0v) is 14.6. The molecule has 0 aromatic carbocycles. The Kier molecular flexibility index (Phi) is 5.61. The molecule has 2 saturated heterocycles. The second kappa shape index (κ2) is 7.67. The minimum atomic E-state index is 0.747. The molecule has 22 heavy (non-hydrogen) atoms. The molecule has 3 atom stereocenters. The number of guanidine groups is 1. The summed E-state index contributed by atoms with van der Waals surface area (Å²) in [5.41, 5.74) is 0. The van der Waals surface area contributed by atoms with Gasteiger partial charge in [-0.1, -0.05) is 12.8 Å². The van der Waals surface area contributed by atoms with E-state index in [1.807, 2.05) is 0 Å². The highest BCUT2D eigenvalue weighted by atomic mass is 15.3. The van der Waals surface area contributed by atoms with Gasteiger partial charge in [0.15, 0.2) is 5.96 Å². The van der Waals surface area contributed by atoms with Gasteiger partial charge in [-0.05, 0) is 64.0 Å². The molecule has 1 saturated carbocycles. The Morgan fingerprint density at radius 1 is 1.05 bits per heavy atom. The summed E-state index contributed by atoms with van der Waals surface area (Å²) in [7, 11) is 2.24. The highest BCUT2D eigenvalue weighted by Gasteiger charge is 2.35. The van der Waals surface area contributed by atoms with E-state index in [1.54, 1.807) is 0 Å². The number of hydrogen-bond donors (Lipinski definition) is 1. The van der Waals surface area contributed by atoms with Gasteiger partial charge in [-0.3, -0.25) is 4.99 Å². The second-order valence-electron chi connectivity index (χ2n) is 7.67. The van der Waals surface area contributed by atoms with Crippen molar-refractivity contribution in [3.63, 3.8) is 0 Å². The summed E-state index contributed by atoms with van der Waals surface area (Å²) in [6, 6.07) is 0. The molecule has 0 radical (unpaired) electrons. The van der Waals surface area contributed by atoms with Gasteiger partial charge < -0.3 is 15.1 Å². The van der Waals surface area contributed by atoms with Gasteiger partial charge >= 0.3 is 0 Å². The van der Waals surface area contributed by atoms with Gasteiger partial charge in [0, 0.05) is 32.7 Å². The van der Waals surface area contributed by atoms with Crippen LogP contribution < -0.4 is 5.32 Å². The van der Waals surface area contributed by atoms with Crippen LogP contribution in [0.15, 0.2) is 4.99 Å². The molecule has 0 bridgehead atoms. The third-order valence-electron chi connectivity index (χ3n) is 5.83. The largest absolute Gasteiger partial charge is 0.357 e. The Morgan fingerprint density at radius 2 is 1.77 bits per heavy atom. The monoisotopic (exact) mass is 306 g/mol. The normalized spacial score (nSPS) is 33.8. The van der Waals surface area contributed by atoms with Gasteiger partial charge in [-0.25, -0.2) is 0 Å². The molecule has 3 rings (SSSR count). The summed E-state index contributed by atoms with van der Waals surface area (Å²) in [6.45, 7) is 9.12. The molecule has 0 spiro atoms. The van der Waals surface area contributed by atoms with Crippen LogP contribution in [0.5, 0.6) is 0 Å². The van der Waals surface area contributed by atoms with Crippen LogP contribution in [0.4, 0.5) is 0 Å². The van der Waals surface area contributed by atoms with Gasteiger partial charge in [0.25, 0.3) is 0 Å². The molecule has 4 heteroatoms. The number of aliphatic imine (C=N–C) groups is 1. The van der Waals surface area contributed by atoms with Crippen LogP contribution in [0.1, 0.15) is 45.4 Å². The topological polar surface area (TPSA) is 30.9 Å². The summed E-state index contributed by atoms with van der Waals surface area (Å²) in [5, 5.41) is 3.55. The molecule has 3 unspecified atom stereocenters. The Balaban J connectivity index is 1.58. The summed E-state index contributed by atoms with van der Waals surface area (Å²) in [5.74, 6) is 3.79. The van der Waals surface area contributed by atoms with Crippen molar-refractivity contribution in [1.29, 1.82) is 0 Å². The number of hydrogen-bond acceptors (Lipinski definition) is 2. The predicted molar refractivity (Wildman–Crippen MR) is 93.2 cm³/mol. The van der Waals surface area contributed by atoms with Gasteiger partial charge in [-0.15, -0.1) is 0 Å². The van der Waals surface area contributed by atoms with E-state index < -0.39 is 0 Å². The Hall–Kier alpha value is -0.770. The van der Waals surface area contributed by atoms with Crippen LogP contribution in [0, 0.1) is 17.8 Å². The maximum atomic E-state index is 5.02. The third kappa shape index (κ3) is 3.95. The SMILES string of the molecule is CCNC(=NCC1CCCN(C)C1)N1CC2CCCCC2C1. The first kappa shape index (κ1) is 16.1. The molecule has 4 nitrogen and oxygen atoms in total. The number of nitrogens with zero attached hydrogens (tertiary/aromatic N) is 3. The third-order valence-corrected chi connectivity index (χ3v) is 5.83. The van der Waals surface area contributed by atoms with Crippen molar-refractivity contribution < 1.29 is 0 Å². The van der Waals surface area contributed by atoms with Crippen molar-refractivity contribution in [2.75, 3.05) is 46.3 Å². The van der Waals surface area contributed by atoms with Crippen LogP contribution in [0.2, 0.25) is 0 Å². The molecule has 0 aromatic heterocycles. The quantitative estimate of drug-likeness (QED) is 0.642. The molecule has 1 aliphatic carbocycles. The first-order valence-corrected chi connectivity index (χ1v) is 9.48. The van der Waals surface area contributed by atoms with E-state index in [1.165, 1.54) is 70.7 Å². The summed E-state index contributed by atoms with van der Waals surface area (Å²) >= 11 is 0. The van der Waals surface area contributed by atoms with E-state index >= 15 is 0 Å². The molecule has 3 fully saturated rings. The molecule has 126 valence electrons. The summed E-state index contributed by atoms with van der Waals surface area (Å²) in [6.07, 6.45) is 8.44. The van der Waals surface area contributed by atoms with Crippen LogP contribution >= 0.6 is 0 Å². The number of likely N-dealkylation sites (tertiary alicyclic amines) is 2.